The average Bonchev–Trinajstić information content (AvgIpc) is 2.61. The molecule has 0 spiro atoms. The number of ether oxygens (including phenoxy) is 1. The summed E-state index contributed by atoms with van der Waals surface area (Å²) in [5, 5.41) is 8.54. The van der Waals surface area contributed by atoms with Crippen molar-refractivity contribution in [2.45, 2.75) is 6.92 Å². The van der Waals surface area contributed by atoms with Gasteiger partial charge in [-0.05, 0) is 19.1 Å². The largest absolute Gasteiger partial charge is 0.486 e. The van der Waals surface area contributed by atoms with Crippen LogP contribution in [0.4, 0.5) is 23.2 Å². The Balaban J connectivity index is 2.14. The second kappa shape index (κ2) is 7.68. The first-order chi connectivity index (χ1) is 11.5. The molecule has 2 aromatic rings. The molecule has 0 aliphatic carbocycles. The molecular formula is C17H14F4N2O. The van der Waals surface area contributed by atoms with E-state index in [9.17, 15) is 17.6 Å². The SMILES string of the molecule is CCN(CCOc1c(F)c(F)c(C#N)c(F)c1F)c1ccccc1. The van der Waals surface area contributed by atoms with Gasteiger partial charge in [0.05, 0.1) is 6.54 Å². The predicted molar refractivity (Wildman–Crippen MR) is 80.8 cm³/mol. The van der Waals surface area contributed by atoms with E-state index in [0.29, 0.717) is 6.54 Å². The minimum absolute atomic E-state index is 0.193. The zero-order valence-corrected chi connectivity index (χ0v) is 12.8. The van der Waals surface area contributed by atoms with E-state index in [1.54, 1.807) is 0 Å². The fourth-order valence-electron chi connectivity index (χ4n) is 2.20. The van der Waals surface area contributed by atoms with Gasteiger partial charge in [0.15, 0.2) is 17.4 Å². The molecule has 0 aromatic heterocycles. The summed E-state index contributed by atoms with van der Waals surface area (Å²) in [6.45, 7) is 2.55. The molecule has 2 rings (SSSR count). The molecule has 0 saturated carbocycles. The number of nitriles is 1. The maximum atomic E-state index is 13.7. The van der Waals surface area contributed by atoms with Crippen LogP contribution in [-0.2, 0) is 0 Å². The summed E-state index contributed by atoms with van der Waals surface area (Å²) in [7, 11) is 0. The fourth-order valence-corrected chi connectivity index (χ4v) is 2.20. The van der Waals surface area contributed by atoms with E-state index >= 15 is 0 Å². The summed E-state index contributed by atoms with van der Waals surface area (Å²) in [6, 6.07) is 10.3. The Hall–Kier alpha value is -2.75. The number of hydrogen-bond donors (Lipinski definition) is 0. The van der Waals surface area contributed by atoms with Gasteiger partial charge in [-0.3, -0.25) is 0 Å². The second-order valence-corrected chi connectivity index (χ2v) is 4.84. The van der Waals surface area contributed by atoms with Gasteiger partial charge in [-0.1, -0.05) is 18.2 Å². The van der Waals surface area contributed by atoms with Gasteiger partial charge >= 0.3 is 0 Å². The zero-order chi connectivity index (χ0) is 17.7. The lowest BCUT2D eigenvalue weighted by Gasteiger charge is -2.23. The number of hydrogen-bond acceptors (Lipinski definition) is 3. The first-order valence-corrected chi connectivity index (χ1v) is 7.20. The van der Waals surface area contributed by atoms with E-state index in [4.69, 9.17) is 10.00 Å². The van der Waals surface area contributed by atoms with E-state index in [1.807, 2.05) is 42.2 Å². The predicted octanol–water partition coefficient (Wildman–Crippen LogP) is 4.02. The Kier molecular flexibility index (Phi) is 5.64. The summed E-state index contributed by atoms with van der Waals surface area (Å²) in [5.74, 6) is -8.11. The Morgan fingerprint density at radius 1 is 1.00 bits per heavy atom. The summed E-state index contributed by atoms with van der Waals surface area (Å²) >= 11 is 0. The van der Waals surface area contributed by atoms with Gasteiger partial charge in [0.1, 0.15) is 18.2 Å². The van der Waals surface area contributed by atoms with Crippen molar-refractivity contribution in [1.82, 2.24) is 0 Å². The van der Waals surface area contributed by atoms with Gasteiger partial charge in [0.2, 0.25) is 11.6 Å². The van der Waals surface area contributed by atoms with Crippen LogP contribution in [0, 0.1) is 34.6 Å². The van der Waals surface area contributed by atoms with E-state index < -0.39 is 34.6 Å². The third kappa shape index (κ3) is 3.43. The standard InChI is InChI=1S/C17H14F4N2O/c1-2-23(11-6-4-3-5-7-11)8-9-24-17-15(20)13(18)12(10-22)14(19)16(17)21/h3-7H,2,8-9H2,1H3. The number of rotatable bonds is 6. The second-order valence-electron chi connectivity index (χ2n) is 4.84. The average molecular weight is 338 g/mol. The molecule has 0 unspecified atom stereocenters. The summed E-state index contributed by atoms with van der Waals surface area (Å²) in [6.07, 6.45) is 0. The summed E-state index contributed by atoms with van der Waals surface area (Å²) in [4.78, 5) is 1.87. The third-order valence-corrected chi connectivity index (χ3v) is 3.45. The topological polar surface area (TPSA) is 36.3 Å². The number of halogens is 4. The van der Waals surface area contributed by atoms with Gasteiger partial charge in [0, 0.05) is 12.2 Å². The molecule has 126 valence electrons. The van der Waals surface area contributed by atoms with Crippen molar-refractivity contribution in [2.24, 2.45) is 0 Å². The molecule has 0 saturated heterocycles. The smallest absolute Gasteiger partial charge is 0.205 e. The molecule has 0 N–H and O–H groups in total. The summed E-state index contributed by atoms with van der Waals surface area (Å²) in [5.41, 5.74) is -0.432. The minimum atomic E-state index is -1.76. The number of likely N-dealkylation sites (N-methyl/N-ethyl adjacent to an activating group) is 1. The molecule has 0 radical (unpaired) electrons. The fraction of sp³-hybridized carbons (Fsp3) is 0.235. The number of benzene rings is 2. The molecule has 0 heterocycles. The van der Waals surface area contributed by atoms with Crippen LogP contribution in [0.1, 0.15) is 12.5 Å². The van der Waals surface area contributed by atoms with Crippen LogP contribution in [0.25, 0.3) is 0 Å². The maximum Gasteiger partial charge on any atom is 0.205 e. The molecule has 0 bridgehead atoms. The molecule has 24 heavy (non-hydrogen) atoms. The lowest BCUT2D eigenvalue weighted by atomic mass is 10.2. The van der Waals surface area contributed by atoms with Crippen LogP contribution in [0.3, 0.4) is 0 Å². The van der Waals surface area contributed by atoms with Crippen molar-refractivity contribution in [2.75, 3.05) is 24.6 Å². The van der Waals surface area contributed by atoms with Crippen molar-refractivity contribution >= 4 is 5.69 Å². The Morgan fingerprint density at radius 3 is 2.08 bits per heavy atom. The molecule has 0 aliphatic heterocycles. The molecular weight excluding hydrogens is 324 g/mol. The molecule has 0 fully saturated rings. The molecule has 0 atom stereocenters. The van der Waals surface area contributed by atoms with Crippen LogP contribution in [0.5, 0.6) is 5.75 Å². The van der Waals surface area contributed by atoms with Gasteiger partial charge in [0.25, 0.3) is 0 Å². The quantitative estimate of drug-likeness (QED) is 0.590. The van der Waals surface area contributed by atoms with Crippen molar-refractivity contribution in [3.8, 4) is 11.8 Å². The zero-order valence-electron chi connectivity index (χ0n) is 12.8. The van der Waals surface area contributed by atoms with Crippen LogP contribution >= 0.6 is 0 Å². The Labute approximate surface area is 136 Å². The molecule has 7 heteroatoms. The minimum Gasteiger partial charge on any atom is -0.486 e. The Morgan fingerprint density at radius 2 is 1.58 bits per heavy atom. The van der Waals surface area contributed by atoms with E-state index in [1.165, 1.54) is 0 Å². The van der Waals surface area contributed by atoms with Crippen molar-refractivity contribution in [3.63, 3.8) is 0 Å². The van der Waals surface area contributed by atoms with Crippen LogP contribution < -0.4 is 9.64 Å². The van der Waals surface area contributed by atoms with Crippen LogP contribution in [0.15, 0.2) is 30.3 Å². The normalized spacial score (nSPS) is 10.3. The van der Waals surface area contributed by atoms with Gasteiger partial charge in [-0.2, -0.15) is 14.0 Å². The van der Waals surface area contributed by atoms with Crippen LogP contribution in [-0.4, -0.2) is 19.7 Å². The van der Waals surface area contributed by atoms with Gasteiger partial charge in [-0.25, -0.2) is 8.78 Å². The number of anilines is 1. The van der Waals surface area contributed by atoms with Crippen LogP contribution in [0.2, 0.25) is 0 Å². The van der Waals surface area contributed by atoms with E-state index in [0.717, 1.165) is 11.8 Å². The van der Waals surface area contributed by atoms with Crippen molar-refractivity contribution in [1.29, 1.82) is 5.26 Å². The highest BCUT2D eigenvalue weighted by Gasteiger charge is 2.26. The van der Waals surface area contributed by atoms with Gasteiger partial charge in [-0.15, -0.1) is 0 Å². The maximum absolute atomic E-state index is 13.7. The first kappa shape index (κ1) is 17.6. The molecule has 0 amide bonds. The molecule has 3 nitrogen and oxygen atoms in total. The number of nitrogens with zero attached hydrogens (tertiary/aromatic N) is 2. The van der Waals surface area contributed by atoms with Crippen molar-refractivity contribution < 1.29 is 22.3 Å². The molecule has 0 aliphatic rings. The Bertz CT molecular complexity index is 730. The number of para-hydroxylation sites is 1. The third-order valence-electron chi connectivity index (χ3n) is 3.45. The van der Waals surface area contributed by atoms with E-state index in [-0.39, 0.29) is 13.2 Å². The highest BCUT2D eigenvalue weighted by Crippen LogP contribution is 2.29. The highest BCUT2D eigenvalue weighted by atomic mass is 19.2. The lowest BCUT2D eigenvalue weighted by Crippen LogP contribution is -2.28. The summed E-state index contributed by atoms with van der Waals surface area (Å²) < 4.78 is 59.4. The highest BCUT2D eigenvalue weighted by molar-refractivity contribution is 5.46. The monoisotopic (exact) mass is 338 g/mol. The van der Waals surface area contributed by atoms with E-state index in [2.05, 4.69) is 0 Å². The van der Waals surface area contributed by atoms with Crippen molar-refractivity contribution in [3.05, 3.63) is 59.2 Å². The molecule has 2 aromatic carbocycles. The first-order valence-electron chi connectivity index (χ1n) is 7.20. The lowest BCUT2D eigenvalue weighted by molar-refractivity contribution is 0.276. The van der Waals surface area contributed by atoms with Gasteiger partial charge < -0.3 is 9.64 Å².